The minimum Gasteiger partial charge on any atom is -0.507 e. The zero-order chi connectivity index (χ0) is 26.8. The standard InChI is InChI=1S/C27H29NO9/c1-11-26(35-3)16(28)8-18(36-11)37-17-10-27(34,12(2)29)9-15-19(17)25(33)21-20(24(15)32)22(30)13-6-4-5-7-14(13)23(21)31/h4-7,11,16-18,26,32-34H,8-10,28H2,1-3H3/t11?,16?,17-,18?,26?,27-/m0/s1. The number of ether oxygens (including phenoxy) is 3. The minimum absolute atomic E-state index is 0.0291. The van der Waals surface area contributed by atoms with Gasteiger partial charge in [-0.3, -0.25) is 14.4 Å². The van der Waals surface area contributed by atoms with Gasteiger partial charge < -0.3 is 35.3 Å². The van der Waals surface area contributed by atoms with Crippen LogP contribution in [0.1, 0.15) is 75.8 Å². The van der Waals surface area contributed by atoms with Gasteiger partial charge in [-0.15, -0.1) is 0 Å². The average Bonchev–Trinajstić information content (AvgIpc) is 2.84. The Hall–Kier alpha value is -3.15. The molecule has 1 saturated heterocycles. The van der Waals surface area contributed by atoms with Crippen molar-refractivity contribution in [3.63, 3.8) is 0 Å². The monoisotopic (exact) mass is 511 g/mol. The summed E-state index contributed by atoms with van der Waals surface area (Å²) < 4.78 is 17.5. The van der Waals surface area contributed by atoms with Crippen LogP contribution in [0.25, 0.3) is 0 Å². The van der Waals surface area contributed by atoms with E-state index in [9.17, 15) is 29.7 Å². The van der Waals surface area contributed by atoms with Crippen molar-refractivity contribution in [1.82, 2.24) is 0 Å². The van der Waals surface area contributed by atoms with Gasteiger partial charge in [-0.25, -0.2) is 0 Å². The first-order chi connectivity index (χ1) is 17.5. The molecule has 0 bridgehead atoms. The van der Waals surface area contributed by atoms with Crippen molar-refractivity contribution in [1.29, 1.82) is 0 Å². The third kappa shape index (κ3) is 3.87. The number of carbonyl (C=O) groups excluding carboxylic acids is 3. The van der Waals surface area contributed by atoms with Gasteiger partial charge in [0.25, 0.3) is 0 Å². The number of Topliss-reactive ketones (excluding diaryl/α,β-unsaturated/α-hetero) is 1. The highest BCUT2D eigenvalue weighted by molar-refractivity contribution is 6.30. The third-order valence-corrected chi connectivity index (χ3v) is 7.73. The molecule has 3 aliphatic rings. The summed E-state index contributed by atoms with van der Waals surface area (Å²) in [5.74, 6) is -2.95. The fraction of sp³-hybridized carbons (Fsp3) is 0.444. The molecule has 0 amide bonds. The van der Waals surface area contributed by atoms with Crippen LogP contribution in [0.3, 0.4) is 0 Å². The fourth-order valence-corrected chi connectivity index (χ4v) is 5.78. The maximum absolute atomic E-state index is 13.4. The van der Waals surface area contributed by atoms with Crippen LogP contribution >= 0.6 is 0 Å². The van der Waals surface area contributed by atoms with E-state index in [1.165, 1.54) is 26.2 Å². The van der Waals surface area contributed by atoms with E-state index in [0.717, 1.165) is 0 Å². The Balaban J connectivity index is 1.64. The van der Waals surface area contributed by atoms with Crippen LogP contribution in [0.4, 0.5) is 0 Å². The number of hydrogen-bond donors (Lipinski definition) is 4. The maximum atomic E-state index is 13.4. The summed E-state index contributed by atoms with van der Waals surface area (Å²) in [6.45, 7) is 2.98. The van der Waals surface area contributed by atoms with E-state index in [-0.39, 0.29) is 58.7 Å². The first kappa shape index (κ1) is 25.5. The van der Waals surface area contributed by atoms with Crippen LogP contribution < -0.4 is 5.73 Å². The Kier molecular flexibility index (Phi) is 6.20. The zero-order valence-corrected chi connectivity index (χ0v) is 20.7. The number of aromatic hydroxyl groups is 2. The number of carbonyl (C=O) groups is 3. The molecule has 0 radical (unpaired) electrons. The van der Waals surface area contributed by atoms with Crippen molar-refractivity contribution in [3.8, 4) is 11.5 Å². The molecule has 10 nitrogen and oxygen atoms in total. The summed E-state index contributed by atoms with van der Waals surface area (Å²) in [7, 11) is 1.52. The number of benzene rings is 2. The van der Waals surface area contributed by atoms with Gasteiger partial charge in [-0.05, 0) is 13.8 Å². The molecule has 0 aromatic heterocycles. The normalized spacial score (nSPS) is 30.9. The zero-order valence-electron chi connectivity index (χ0n) is 20.7. The number of rotatable bonds is 4. The molecular formula is C27H29NO9. The largest absolute Gasteiger partial charge is 0.507 e. The molecule has 2 aromatic carbocycles. The summed E-state index contributed by atoms with van der Waals surface area (Å²) in [6, 6.07) is 5.69. The van der Waals surface area contributed by atoms with Crippen LogP contribution in [0.15, 0.2) is 24.3 Å². The Labute approximate surface area is 212 Å². The highest BCUT2D eigenvalue weighted by Crippen LogP contribution is 2.52. The lowest BCUT2D eigenvalue weighted by Crippen LogP contribution is -2.53. The highest BCUT2D eigenvalue weighted by atomic mass is 16.7. The Bertz CT molecular complexity index is 1310. The first-order valence-electron chi connectivity index (χ1n) is 12.1. The number of aliphatic hydroxyl groups is 1. The second-order valence-electron chi connectivity index (χ2n) is 10.0. The molecule has 10 heteroatoms. The van der Waals surface area contributed by atoms with Crippen molar-refractivity contribution in [3.05, 3.63) is 57.6 Å². The first-order valence-corrected chi connectivity index (χ1v) is 12.1. The number of fused-ring (bicyclic) bond motifs is 3. The van der Waals surface area contributed by atoms with Gasteiger partial charge in [-0.2, -0.15) is 0 Å². The van der Waals surface area contributed by atoms with E-state index in [1.807, 2.05) is 0 Å². The van der Waals surface area contributed by atoms with Crippen molar-refractivity contribution < 1.29 is 43.9 Å². The predicted molar refractivity (Wildman–Crippen MR) is 129 cm³/mol. The van der Waals surface area contributed by atoms with Crippen molar-refractivity contribution in [2.75, 3.05) is 7.11 Å². The average molecular weight is 512 g/mol. The summed E-state index contributed by atoms with van der Waals surface area (Å²) in [5, 5.41) is 33.9. The molecule has 37 heavy (non-hydrogen) atoms. The molecular weight excluding hydrogens is 482 g/mol. The number of phenolic OH excluding ortho intramolecular Hbond substituents is 2. The van der Waals surface area contributed by atoms with Gasteiger partial charge in [0.05, 0.1) is 29.4 Å². The van der Waals surface area contributed by atoms with E-state index < -0.39 is 59.0 Å². The van der Waals surface area contributed by atoms with Gasteiger partial charge >= 0.3 is 0 Å². The molecule has 4 unspecified atom stereocenters. The molecule has 5 N–H and O–H groups in total. The predicted octanol–water partition coefficient (Wildman–Crippen LogP) is 1.67. The number of hydrogen-bond acceptors (Lipinski definition) is 10. The van der Waals surface area contributed by atoms with E-state index >= 15 is 0 Å². The SMILES string of the molecule is COC1C(N)CC(O[C@H]2C[C@](O)(C(C)=O)Cc3c(O)c4c(c(O)c32)C(=O)c2ccccc2C4=O)OC1C. The molecule has 5 rings (SSSR count). The van der Waals surface area contributed by atoms with Crippen LogP contribution in [0.2, 0.25) is 0 Å². The Morgan fingerprint density at radius 2 is 1.70 bits per heavy atom. The maximum Gasteiger partial charge on any atom is 0.198 e. The van der Waals surface area contributed by atoms with Crippen LogP contribution in [0, 0.1) is 0 Å². The van der Waals surface area contributed by atoms with E-state index in [4.69, 9.17) is 19.9 Å². The molecule has 2 aromatic rings. The van der Waals surface area contributed by atoms with E-state index in [0.29, 0.717) is 0 Å². The van der Waals surface area contributed by atoms with Crippen LogP contribution in [-0.4, -0.2) is 69.9 Å². The number of phenols is 2. The lowest BCUT2D eigenvalue weighted by atomic mass is 9.72. The Morgan fingerprint density at radius 1 is 1.11 bits per heavy atom. The summed E-state index contributed by atoms with van der Waals surface area (Å²) in [5.41, 5.74) is 3.77. The van der Waals surface area contributed by atoms with E-state index in [2.05, 4.69) is 0 Å². The summed E-state index contributed by atoms with van der Waals surface area (Å²) in [6.07, 6.45) is -3.28. The quantitative estimate of drug-likeness (QED) is 0.379. The van der Waals surface area contributed by atoms with Crippen molar-refractivity contribution in [2.24, 2.45) is 5.73 Å². The number of ketones is 3. The smallest absolute Gasteiger partial charge is 0.198 e. The van der Waals surface area contributed by atoms with Gasteiger partial charge in [0.15, 0.2) is 23.6 Å². The lowest BCUT2D eigenvalue weighted by Gasteiger charge is -2.42. The van der Waals surface area contributed by atoms with Crippen LogP contribution in [0.5, 0.6) is 11.5 Å². The number of methoxy groups -OCH3 is 1. The lowest BCUT2D eigenvalue weighted by molar-refractivity contribution is -0.250. The Morgan fingerprint density at radius 3 is 2.24 bits per heavy atom. The third-order valence-electron chi connectivity index (χ3n) is 7.73. The molecule has 6 atom stereocenters. The van der Waals surface area contributed by atoms with Gasteiger partial charge in [-0.1, -0.05) is 24.3 Å². The van der Waals surface area contributed by atoms with Crippen molar-refractivity contribution >= 4 is 17.3 Å². The second-order valence-corrected chi connectivity index (χ2v) is 10.0. The van der Waals surface area contributed by atoms with Gasteiger partial charge in [0.1, 0.15) is 17.1 Å². The number of nitrogens with two attached hydrogens (primary N) is 1. The highest BCUT2D eigenvalue weighted by Gasteiger charge is 2.49. The molecule has 196 valence electrons. The molecule has 1 heterocycles. The minimum atomic E-state index is -1.95. The molecule has 1 aliphatic heterocycles. The summed E-state index contributed by atoms with van der Waals surface area (Å²) >= 11 is 0. The molecule has 0 saturated carbocycles. The fourth-order valence-electron chi connectivity index (χ4n) is 5.78. The molecule has 2 aliphatic carbocycles. The molecule has 1 fully saturated rings. The second kappa shape index (κ2) is 9.00. The van der Waals surface area contributed by atoms with Crippen molar-refractivity contribution in [2.45, 2.75) is 69.4 Å². The topological polar surface area (TPSA) is 166 Å². The van der Waals surface area contributed by atoms with Gasteiger partial charge in [0, 0.05) is 54.7 Å². The summed E-state index contributed by atoms with van der Waals surface area (Å²) in [4.78, 5) is 39.2. The van der Waals surface area contributed by atoms with Gasteiger partial charge in [0.2, 0.25) is 0 Å². The van der Waals surface area contributed by atoms with E-state index in [1.54, 1.807) is 19.1 Å². The van der Waals surface area contributed by atoms with Crippen LogP contribution in [-0.2, 0) is 25.4 Å². The molecule has 0 spiro atoms.